The Kier molecular flexibility index (Phi) is 22.2. The number of aromatic nitrogens is 1. The van der Waals surface area contributed by atoms with E-state index in [9.17, 15) is 0 Å². The minimum absolute atomic E-state index is 0.142. The molecule has 1 aromatic heterocycles. The molecular formula is C34H61NO2. The number of rotatable bonds is 4. The summed E-state index contributed by atoms with van der Waals surface area (Å²) in [6.07, 6.45) is 24.2. The summed E-state index contributed by atoms with van der Waals surface area (Å²) in [6.45, 7) is 21.0. The average molecular weight is 516 g/mol. The second-order valence-electron chi connectivity index (χ2n) is 12.6. The largest absolute Gasteiger partial charge is 0.502 e. The standard InChI is InChI=1S/C10H15NO.C8H16.C7H10O.C5H12.C4H8/c1-8-5-6-9(7-11-8)12-10(2,3)4;1-2-8-6-4-3-5-7-8;1-4-5-6-7(2)8-3;1-5(2,3)4;1-2-4-3-1/h5-7H,1-4H3;8H,2-7H2,1H3;1,6H,5H2,2-3H3;1-4H3;1-4H2/b;;7-6+;;. The van der Waals surface area contributed by atoms with Gasteiger partial charge >= 0.3 is 0 Å². The fraction of sp³-hybridized carbons (Fsp3) is 0.735. The summed E-state index contributed by atoms with van der Waals surface area (Å²) in [4.78, 5) is 4.14. The van der Waals surface area contributed by atoms with E-state index >= 15 is 0 Å². The first-order valence-electron chi connectivity index (χ1n) is 14.5. The molecule has 1 heterocycles. The van der Waals surface area contributed by atoms with Crippen LogP contribution in [0.2, 0.25) is 0 Å². The third kappa shape index (κ3) is 32.0. The van der Waals surface area contributed by atoms with Crippen LogP contribution in [0.3, 0.4) is 0 Å². The van der Waals surface area contributed by atoms with E-state index < -0.39 is 0 Å². The Hall–Kier alpha value is -1.95. The van der Waals surface area contributed by atoms with Gasteiger partial charge in [-0.3, -0.25) is 4.98 Å². The molecule has 37 heavy (non-hydrogen) atoms. The molecule has 0 unspecified atom stereocenters. The predicted octanol–water partition coefficient (Wildman–Crippen LogP) is 10.7. The monoisotopic (exact) mass is 515 g/mol. The van der Waals surface area contributed by atoms with Crippen molar-refractivity contribution in [1.82, 2.24) is 4.98 Å². The summed E-state index contributed by atoms with van der Waals surface area (Å²) in [7, 11) is 1.63. The van der Waals surface area contributed by atoms with Crippen molar-refractivity contribution in [2.45, 2.75) is 145 Å². The van der Waals surface area contributed by atoms with Crippen LogP contribution in [0.25, 0.3) is 0 Å². The molecule has 0 bridgehead atoms. The molecule has 2 saturated carbocycles. The third-order valence-electron chi connectivity index (χ3n) is 5.44. The van der Waals surface area contributed by atoms with Crippen molar-refractivity contribution in [2.75, 3.05) is 7.11 Å². The Morgan fingerprint density at radius 2 is 1.46 bits per heavy atom. The number of methoxy groups -OCH3 is 1. The van der Waals surface area contributed by atoms with Crippen molar-refractivity contribution < 1.29 is 9.47 Å². The highest BCUT2D eigenvalue weighted by Gasteiger charge is 2.11. The van der Waals surface area contributed by atoms with Gasteiger partial charge in [-0.05, 0) is 64.2 Å². The summed E-state index contributed by atoms with van der Waals surface area (Å²) in [6, 6.07) is 3.88. The molecule has 0 aromatic carbocycles. The van der Waals surface area contributed by atoms with Crippen LogP contribution in [0.15, 0.2) is 30.2 Å². The van der Waals surface area contributed by atoms with Crippen LogP contribution in [-0.2, 0) is 4.74 Å². The second-order valence-corrected chi connectivity index (χ2v) is 12.6. The van der Waals surface area contributed by atoms with E-state index in [0.717, 1.165) is 23.1 Å². The minimum Gasteiger partial charge on any atom is -0.502 e. The lowest BCUT2D eigenvalue weighted by Gasteiger charge is -2.20. The maximum absolute atomic E-state index is 5.59. The fourth-order valence-electron chi connectivity index (χ4n) is 3.00. The zero-order valence-electron chi connectivity index (χ0n) is 26.5. The highest BCUT2D eigenvalue weighted by Crippen LogP contribution is 2.25. The third-order valence-corrected chi connectivity index (χ3v) is 5.44. The second kappa shape index (κ2) is 22.1. The van der Waals surface area contributed by atoms with Crippen LogP contribution in [0, 0.1) is 30.6 Å². The van der Waals surface area contributed by atoms with E-state index in [-0.39, 0.29) is 5.60 Å². The Labute approximate surface area is 232 Å². The van der Waals surface area contributed by atoms with Gasteiger partial charge in [0.15, 0.2) is 0 Å². The molecule has 0 N–H and O–H groups in total. The zero-order chi connectivity index (χ0) is 28.7. The van der Waals surface area contributed by atoms with Crippen molar-refractivity contribution >= 4 is 0 Å². The zero-order valence-corrected chi connectivity index (χ0v) is 26.5. The molecule has 0 aliphatic heterocycles. The molecule has 2 aliphatic rings. The summed E-state index contributed by atoms with van der Waals surface area (Å²) in [5, 5.41) is 0. The van der Waals surface area contributed by atoms with Gasteiger partial charge in [0, 0.05) is 12.1 Å². The Balaban J connectivity index is 0. The van der Waals surface area contributed by atoms with E-state index in [1.165, 1.54) is 64.2 Å². The van der Waals surface area contributed by atoms with Gasteiger partial charge in [-0.2, -0.15) is 0 Å². The molecule has 3 nitrogen and oxygen atoms in total. The molecule has 0 amide bonds. The first kappa shape index (κ1) is 37.2. The summed E-state index contributed by atoms with van der Waals surface area (Å²) < 4.78 is 10.4. The molecule has 214 valence electrons. The maximum atomic E-state index is 5.59. The van der Waals surface area contributed by atoms with Crippen molar-refractivity contribution in [3.63, 3.8) is 0 Å². The van der Waals surface area contributed by atoms with Crippen LogP contribution in [0.5, 0.6) is 5.75 Å². The highest BCUT2D eigenvalue weighted by atomic mass is 16.5. The average Bonchev–Trinajstić information content (AvgIpc) is 2.77. The van der Waals surface area contributed by atoms with Gasteiger partial charge in [0.05, 0.1) is 19.1 Å². The molecule has 3 rings (SSSR count). The number of allylic oxidation sites excluding steroid dienone is 2. The van der Waals surface area contributed by atoms with Crippen LogP contribution < -0.4 is 4.74 Å². The lowest BCUT2D eigenvalue weighted by atomic mass is 9.88. The molecule has 1 aromatic rings. The number of nitrogens with zero attached hydrogens (tertiary/aromatic N) is 1. The van der Waals surface area contributed by atoms with Crippen LogP contribution in [0.4, 0.5) is 0 Å². The molecule has 0 atom stereocenters. The molecule has 0 saturated heterocycles. The molecule has 2 aliphatic carbocycles. The van der Waals surface area contributed by atoms with Gasteiger partial charge < -0.3 is 9.47 Å². The van der Waals surface area contributed by atoms with Gasteiger partial charge in [0.2, 0.25) is 0 Å². The van der Waals surface area contributed by atoms with Gasteiger partial charge in [0.1, 0.15) is 11.4 Å². The number of hydrogen-bond donors (Lipinski definition) is 0. The Bertz CT molecular complexity index is 694. The number of pyridine rings is 1. The SMILES string of the molecule is C#CC/C=C(\C)OC.C1CCC1.CC(C)(C)C.CCC1CCCCC1.Cc1ccc(OC(C)(C)C)cn1. The van der Waals surface area contributed by atoms with Gasteiger partial charge in [-0.1, -0.05) is 98.8 Å². The van der Waals surface area contributed by atoms with Gasteiger partial charge in [-0.15, -0.1) is 12.3 Å². The number of hydrogen-bond acceptors (Lipinski definition) is 3. The van der Waals surface area contributed by atoms with Crippen LogP contribution in [-0.4, -0.2) is 17.7 Å². The molecule has 0 spiro atoms. The molecule has 0 radical (unpaired) electrons. The Morgan fingerprint density at radius 1 is 0.973 bits per heavy atom. The Morgan fingerprint density at radius 3 is 1.76 bits per heavy atom. The molecular weight excluding hydrogens is 454 g/mol. The highest BCUT2D eigenvalue weighted by molar-refractivity contribution is 5.19. The van der Waals surface area contributed by atoms with E-state index in [2.05, 4.69) is 45.5 Å². The lowest BCUT2D eigenvalue weighted by Crippen LogP contribution is -2.22. The van der Waals surface area contributed by atoms with Crippen LogP contribution in [0.1, 0.15) is 139 Å². The first-order valence-corrected chi connectivity index (χ1v) is 14.5. The topological polar surface area (TPSA) is 31.4 Å². The minimum atomic E-state index is -0.142. The van der Waals surface area contributed by atoms with E-state index in [4.69, 9.17) is 15.9 Å². The summed E-state index contributed by atoms with van der Waals surface area (Å²) in [5.74, 6) is 5.27. The van der Waals surface area contributed by atoms with E-state index in [1.807, 2.05) is 52.8 Å². The fourth-order valence-corrected chi connectivity index (χ4v) is 3.00. The van der Waals surface area contributed by atoms with E-state index in [0.29, 0.717) is 11.8 Å². The smallest absolute Gasteiger partial charge is 0.138 e. The summed E-state index contributed by atoms with van der Waals surface area (Å²) in [5.41, 5.74) is 1.37. The predicted molar refractivity (Wildman–Crippen MR) is 164 cm³/mol. The maximum Gasteiger partial charge on any atom is 0.138 e. The number of ether oxygens (including phenoxy) is 2. The van der Waals surface area contributed by atoms with Gasteiger partial charge in [0.25, 0.3) is 0 Å². The normalized spacial score (nSPS) is 15.2. The van der Waals surface area contributed by atoms with Crippen molar-refractivity contribution in [1.29, 1.82) is 0 Å². The summed E-state index contributed by atoms with van der Waals surface area (Å²) >= 11 is 0. The van der Waals surface area contributed by atoms with Crippen molar-refractivity contribution in [3.8, 4) is 18.1 Å². The number of aryl methyl sites for hydroxylation is 1. The van der Waals surface area contributed by atoms with Crippen molar-refractivity contribution in [2.24, 2.45) is 11.3 Å². The molecule has 3 heteroatoms. The van der Waals surface area contributed by atoms with Crippen LogP contribution >= 0.6 is 0 Å². The van der Waals surface area contributed by atoms with Gasteiger partial charge in [-0.25, -0.2) is 0 Å². The molecule has 2 fully saturated rings. The number of terminal acetylenes is 1. The lowest BCUT2D eigenvalue weighted by molar-refractivity contribution is 0.130. The van der Waals surface area contributed by atoms with E-state index in [1.54, 1.807) is 13.3 Å². The first-order chi connectivity index (χ1) is 17.2. The quantitative estimate of drug-likeness (QED) is 0.295. The van der Waals surface area contributed by atoms with Crippen molar-refractivity contribution in [3.05, 3.63) is 35.9 Å².